The molecule has 2 aromatic rings. The first kappa shape index (κ1) is 14.8. The van der Waals surface area contributed by atoms with E-state index in [1.807, 2.05) is 0 Å². The van der Waals surface area contributed by atoms with Crippen molar-refractivity contribution < 1.29 is 9.13 Å². The van der Waals surface area contributed by atoms with E-state index in [9.17, 15) is 4.39 Å². The van der Waals surface area contributed by atoms with Crippen LogP contribution in [-0.2, 0) is 0 Å². The molecule has 1 aromatic heterocycles. The molecular weight excluding hydrogens is 275 g/mol. The van der Waals surface area contributed by atoms with Crippen molar-refractivity contribution in [3.05, 3.63) is 24.0 Å². The van der Waals surface area contributed by atoms with Crippen LogP contribution >= 0.6 is 0 Å². The number of nitrogens with zero attached hydrogens (tertiary/aromatic N) is 4. The quantitative estimate of drug-likeness (QED) is 0.868. The lowest BCUT2D eigenvalue weighted by molar-refractivity contribution is 0.321. The first-order valence-corrected chi connectivity index (χ1v) is 6.38. The highest BCUT2D eigenvalue weighted by atomic mass is 19.1. The fourth-order valence-electron chi connectivity index (χ4n) is 1.62. The zero-order chi connectivity index (χ0) is 15.4. The van der Waals surface area contributed by atoms with Gasteiger partial charge in [0.1, 0.15) is 0 Å². The highest BCUT2D eigenvalue weighted by Gasteiger charge is 2.08. The van der Waals surface area contributed by atoms with Crippen molar-refractivity contribution in [1.82, 2.24) is 15.0 Å². The van der Waals surface area contributed by atoms with Crippen molar-refractivity contribution in [3.63, 3.8) is 0 Å². The van der Waals surface area contributed by atoms with Gasteiger partial charge < -0.3 is 20.7 Å². The highest BCUT2D eigenvalue weighted by Crippen LogP contribution is 2.23. The molecule has 0 spiro atoms. The molecule has 0 atom stereocenters. The van der Waals surface area contributed by atoms with Crippen LogP contribution in [0.2, 0.25) is 0 Å². The van der Waals surface area contributed by atoms with Gasteiger partial charge in [0.2, 0.25) is 17.8 Å². The zero-order valence-corrected chi connectivity index (χ0v) is 12.1. The Morgan fingerprint density at radius 3 is 2.67 bits per heavy atom. The van der Waals surface area contributed by atoms with E-state index in [0.29, 0.717) is 18.2 Å². The second kappa shape index (κ2) is 6.21. The molecule has 0 bridgehead atoms. The molecule has 0 unspecified atom stereocenters. The number of nitrogens with two attached hydrogens (primary N) is 1. The number of anilines is 4. The number of aromatic nitrogens is 3. The van der Waals surface area contributed by atoms with Gasteiger partial charge in [-0.2, -0.15) is 15.0 Å². The third kappa shape index (κ3) is 3.68. The molecule has 0 fully saturated rings. The third-order valence-electron chi connectivity index (χ3n) is 2.53. The Labute approximate surface area is 122 Å². The maximum atomic E-state index is 13.8. The summed E-state index contributed by atoms with van der Waals surface area (Å²) >= 11 is 0. The van der Waals surface area contributed by atoms with Gasteiger partial charge in [-0.1, -0.05) is 0 Å². The molecule has 0 saturated carbocycles. The van der Waals surface area contributed by atoms with Gasteiger partial charge in [-0.15, -0.1) is 0 Å². The van der Waals surface area contributed by atoms with Crippen molar-refractivity contribution in [2.75, 3.05) is 36.7 Å². The number of hydrogen-bond acceptors (Lipinski definition) is 7. The van der Waals surface area contributed by atoms with Crippen molar-refractivity contribution in [1.29, 1.82) is 0 Å². The average molecular weight is 292 g/mol. The van der Waals surface area contributed by atoms with Gasteiger partial charge in [-0.25, -0.2) is 4.39 Å². The minimum absolute atomic E-state index is 0.0857. The Kier molecular flexibility index (Phi) is 4.36. The van der Waals surface area contributed by atoms with Crippen molar-refractivity contribution >= 4 is 23.5 Å². The highest BCUT2D eigenvalue weighted by molar-refractivity contribution is 5.56. The van der Waals surface area contributed by atoms with Crippen LogP contribution in [-0.4, -0.2) is 35.7 Å². The molecule has 0 radical (unpaired) electrons. The van der Waals surface area contributed by atoms with E-state index in [4.69, 9.17) is 10.5 Å². The molecule has 7 nitrogen and oxygen atoms in total. The summed E-state index contributed by atoms with van der Waals surface area (Å²) in [6, 6.07) is 4.52. The van der Waals surface area contributed by atoms with Crippen LogP contribution in [0.4, 0.5) is 27.9 Å². The minimum atomic E-state index is -0.461. The summed E-state index contributed by atoms with van der Waals surface area (Å²) in [5, 5.41) is 2.89. The van der Waals surface area contributed by atoms with Crippen LogP contribution in [0.3, 0.4) is 0 Å². The minimum Gasteiger partial charge on any atom is -0.491 e. The van der Waals surface area contributed by atoms with E-state index < -0.39 is 5.82 Å². The summed E-state index contributed by atoms with van der Waals surface area (Å²) in [4.78, 5) is 13.8. The van der Waals surface area contributed by atoms with Crippen molar-refractivity contribution in [3.8, 4) is 5.75 Å². The largest absolute Gasteiger partial charge is 0.491 e. The summed E-state index contributed by atoms with van der Waals surface area (Å²) in [5.41, 5.74) is 6.11. The summed E-state index contributed by atoms with van der Waals surface area (Å²) in [7, 11) is 3.57. The molecule has 1 heterocycles. The van der Waals surface area contributed by atoms with Gasteiger partial charge in [0.15, 0.2) is 11.6 Å². The number of nitrogen functional groups attached to an aromatic ring is 1. The summed E-state index contributed by atoms with van der Waals surface area (Å²) in [5.74, 6) is 0.484. The molecule has 1 aromatic carbocycles. The molecule has 0 aliphatic rings. The molecular formula is C13H17FN6O. The van der Waals surface area contributed by atoms with E-state index >= 15 is 0 Å². The van der Waals surface area contributed by atoms with E-state index in [1.165, 1.54) is 6.07 Å². The number of halogens is 1. The molecule has 8 heteroatoms. The second-order valence-corrected chi connectivity index (χ2v) is 4.41. The predicted molar refractivity (Wildman–Crippen MR) is 79.4 cm³/mol. The Balaban J connectivity index is 2.24. The molecule has 0 aliphatic carbocycles. The van der Waals surface area contributed by atoms with Crippen molar-refractivity contribution in [2.45, 2.75) is 6.92 Å². The van der Waals surface area contributed by atoms with E-state index in [-0.39, 0.29) is 17.6 Å². The second-order valence-electron chi connectivity index (χ2n) is 4.41. The smallest absolute Gasteiger partial charge is 0.233 e. The van der Waals surface area contributed by atoms with Crippen LogP contribution in [0.5, 0.6) is 5.75 Å². The lowest BCUT2D eigenvalue weighted by Gasteiger charge is -2.12. The van der Waals surface area contributed by atoms with Gasteiger partial charge in [-0.05, 0) is 19.1 Å². The maximum absolute atomic E-state index is 13.8. The summed E-state index contributed by atoms with van der Waals surface area (Å²) in [6.07, 6.45) is 0. The predicted octanol–water partition coefficient (Wildman–Crippen LogP) is 1.80. The Hall–Kier alpha value is -2.64. The van der Waals surface area contributed by atoms with Gasteiger partial charge in [0, 0.05) is 25.8 Å². The number of rotatable bonds is 5. The number of hydrogen-bond donors (Lipinski definition) is 2. The first-order valence-electron chi connectivity index (χ1n) is 6.38. The monoisotopic (exact) mass is 292 g/mol. The van der Waals surface area contributed by atoms with Crippen molar-refractivity contribution in [2.24, 2.45) is 0 Å². The van der Waals surface area contributed by atoms with Crippen LogP contribution < -0.4 is 20.7 Å². The van der Waals surface area contributed by atoms with Gasteiger partial charge in [0.05, 0.1) is 6.61 Å². The fourth-order valence-corrected chi connectivity index (χ4v) is 1.62. The van der Waals surface area contributed by atoms with Crippen LogP contribution in [0.15, 0.2) is 18.2 Å². The SMILES string of the molecule is CCOc1ccc(Nc2nc(N)nc(N(C)C)n2)cc1F. The Morgan fingerprint density at radius 2 is 2.05 bits per heavy atom. The van der Waals surface area contributed by atoms with Crippen LogP contribution in [0.25, 0.3) is 0 Å². The van der Waals surface area contributed by atoms with Gasteiger partial charge >= 0.3 is 0 Å². The topological polar surface area (TPSA) is 89.2 Å². The number of ether oxygens (including phenoxy) is 1. The van der Waals surface area contributed by atoms with Crippen LogP contribution in [0, 0.1) is 5.82 Å². The average Bonchev–Trinajstić information content (AvgIpc) is 2.41. The molecule has 0 amide bonds. The molecule has 0 saturated heterocycles. The molecule has 2 rings (SSSR count). The van der Waals surface area contributed by atoms with Gasteiger partial charge in [0.25, 0.3) is 0 Å². The molecule has 21 heavy (non-hydrogen) atoms. The lowest BCUT2D eigenvalue weighted by atomic mass is 10.3. The summed E-state index contributed by atoms with van der Waals surface area (Å²) < 4.78 is 18.9. The third-order valence-corrected chi connectivity index (χ3v) is 2.53. The Bertz CT molecular complexity index is 634. The van der Waals surface area contributed by atoms with Crippen LogP contribution in [0.1, 0.15) is 6.92 Å². The fraction of sp³-hybridized carbons (Fsp3) is 0.308. The normalized spacial score (nSPS) is 10.3. The molecule has 112 valence electrons. The lowest BCUT2D eigenvalue weighted by Crippen LogP contribution is -2.15. The first-order chi connectivity index (χ1) is 9.99. The maximum Gasteiger partial charge on any atom is 0.233 e. The number of nitrogens with one attached hydrogen (secondary N) is 1. The Morgan fingerprint density at radius 1 is 1.29 bits per heavy atom. The van der Waals surface area contributed by atoms with E-state index in [2.05, 4.69) is 20.3 Å². The molecule has 0 aliphatic heterocycles. The van der Waals surface area contributed by atoms with Gasteiger partial charge in [-0.3, -0.25) is 0 Å². The molecule has 3 N–H and O–H groups in total. The van der Waals surface area contributed by atoms with E-state index in [0.717, 1.165) is 0 Å². The van der Waals surface area contributed by atoms with E-state index in [1.54, 1.807) is 38.1 Å². The number of benzene rings is 1. The summed E-state index contributed by atoms with van der Waals surface area (Å²) in [6.45, 7) is 2.20. The zero-order valence-electron chi connectivity index (χ0n) is 12.1. The standard InChI is InChI=1S/C13H17FN6O/c1-4-21-10-6-5-8(7-9(10)14)16-12-17-11(15)18-13(19-12)20(2)3/h5-7H,4H2,1-3H3,(H3,15,16,17,18,19).